The molecule has 0 aliphatic heterocycles. The molecule has 1 atom stereocenters. The number of fused-ring (bicyclic) bond motifs is 1. The summed E-state index contributed by atoms with van der Waals surface area (Å²) in [6.45, 7) is 2.41. The van der Waals surface area contributed by atoms with Crippen molar-refractivity contribution < 1.29 is 9.84 Å². The summed E-state index contributed by atoms with van der Waals surface area (Å²) in [4.78, 5) is 0. The summed E-state index contributed by atoms with van der Waals surface area (Å²) in [6.07, 6.45) is 2.57. The molecule has 1 N–H and O–H groups in total. The molecule has 1 aromatic heterocycles. The minimum atomic E-state index is -0.358. The molecule has 0 radical (unpaired) electrons. The highest BCUT2D eigenvalue weighted by molar-refractivity contribution is 9.10. The second kappa shape index (κ2) is 5.81. The SMILES string of the molecule is Cc1nn(C)c(COc2ccc3c(c2)[C@H](O)CCC3)c1Br. The summed E-state index contributed by atoms with van der Waals surface area (Å²) < 4.78 is 8.69. The van der Waals surface area contributed by atoms with Crippen molar-refractivity contribution in [1.29, 1.82) is 0 Å². The number of rotatable bonds is 3. The highest BCUT2D eigenvalue weighted by Crippen LogP contribution is 2.32. The van der Waals surface area contributed by atoms with Crippen LogP contribution in [-0.4, -0.2) is 14.9 Å². The molecule has 2 aromatic rings. The van der Waals surface area contributed by atoms with Gasteiger partial charge in [-0.2, -0.15) is 5.10 Å². The van der Waals surface area contributed by atoms with Crippen molar-refractivity contribution in [2.45, 2.75) is 38.9 Å². The first-order valence-electron chi connectivity index (χ1n) is 7.18. The molecule has 5 heteroatoms. The van der Waals surface area contributed by atoms with Crippen LogP contribution in [0.2, 0.25) is 0 Å². The summed E-state index contributed by atoms with van der Waals surface area (Å²) >= 11 is 3.54. The smallest absolute Gasteiger partial charge is 0.131 e. The van der Waals surface area contributed by atoms with Crippen LogP contribution in [0.1, 0.15) is 41.5 Å². The van der Waals surface area contributed by atoms with Crippen LogP contribution >= 0.6 is 15.9 Å². The molecule has 0 bridgehead atoms. The lowest BCUT2D eigenvalue weighted by Gasteiger charge is -2.22. The molecular weight excluding hydrogens is 332 g/mol. The molecule has 4 nitrogen and oxygen atoms in total. The molecule has 1 aliphatic rings. The van der Waals surface area contributed by atoms with E-state index in [4.69, 9.17) is 4.74 Å². The van der Waals surface area contributed by atoms with Gasteiger partial charge in [-0.25, -0.2) is 0 Å². The number of aromatic nitrogens is 2. The van der Waals surface area contributed by atoms with Crippen molar-refractivity contribution in [2.24, 2.45) is 7.05 Å². The molecular formula is C16H19BrN2O2. The first-order chi connectivity index (χ1) is 10.1. The molecule has 1 aliphatic carbocycles. The maximum Gasteiger partial charge on any atom is 0.131 e. The van der Waals surface area contributed by atoms with E-state index in [1.54, 1.807) is 0 Å². The molecule has 1 heterocycles. The Bertz CT molecular complexity index is 667. The Balaban J connectivity index is 1.78. The number of aryl methyl sites for hydroxylation is 3. The van der Waals surface area contributed by atoms with Crippen molar-refractivity contribution in [3.63, 3.8) is 0 Å². The molecule has 21 heavy (non-hydrogen) atoms. The number of ether oxygens (including phenoxy) is 1. The number of nitrogens with zero attached hydrogens (tertiary/aromatic N) is 2. The van der Waals surface area contributed by atoms with Gasteiger partial charge in [0, 0.05) is 7.05 Å². The van der Waals surface area contributed by atoms with Crippen LogP contribution in [0.5, 0.6) is 5.75 Å². The van der Waals surface area contributed by atoms with Gasteiger partial charge in [0.1, 0.15) is 12.4 Å². The molecule has 3 rings (SSSR count). The lowest BCUT2D eigenvalue weighted by Crippen LogP contribution is -2.10. The van der Waals surface area contributed by atoms with E-state index in [0.29, 0.717) is 6.61 Å². The van der Waals surface area contributed by atoms with E-state index in [1.807, 2.05) is 30.8 Å². The fourth-order valence-corrected chi connectivity index (χ4v) is 3.28. The summed E-state index contributed by atoms with van der Waals surface area (Å²) in [5.41, 5.74) is 4.21. The Kier molecular flexibility index (Phi) is 4.04. The Labute approximate surface area is 132 Å². The summed E-state index contributed by atoms with van der Waals surface area (Å²) in [7, 11) is 1.91. The van der Waals surface area contributed by atoms with Crippen LogP contribution in [0.25, 0.3) is 0 Å². The zero-order chi connectivity index (χ0) is 15.0. The van der Waals surface area contributed by atoms with Gasteiger partial charge in [-0.1, -0.05) is 6.07 Å². The lowest BCUT2D eigenvalue weighted by atomic mass is 9.89. The van der Waals surface area contributed by atoms with Gasteiger partial charge in [0.25, 0.3) is 0 Å². The topological polar surface area (TPSA) is 47.3 Å². The first kappa shape index (κ1) is 14.6. The highest BCUT2D eigenvalue weighted by Gasteiger charge is 2.18. The first-order valence-corrected chi connectivity index (χ1v) is 7.97. The number of aliphatic hydroxyl groups excluding tert-OH is 1. The zero-order valence-corrected chi connectivity index (χ0v) is 13.9. The average Bonchev–Trinajstić information content (AvgIpc) is 2.71. The maximum absolute atomic E-state index is 10.1. The normalized spacial score (nSPS) is 17.6. The Morgan fingerprint density at radius 2 is 2.29 bits per heavy atom. The van der Waals surface area contributed by atoms with Gasteiger partial charge in [0.15, 0.2) is 0 Å². The lowest BCUT2D eigenvalue weighted by molar-refractivity contribution is 0.156. The molecule has 1 aromatic carbocycles. The van der Waals surface area contributed by atoms with Gasteiger partial charge in [-0.05, 0) is 65.4 Å². The number of benzene rings is 1. The van der Waals surface area contributed by atoms with E-state index in [9.17, 15) is 5.11 Å². The average molecular weight is 351 g/mol. The van der Waals surface area contributed by atoms with Crippen molar-refractivity contribution in [3.8, 4) is 5.75 Å². The number of hydrogen-bond acceptors (Lipinski definition) is 3. The predicted octanol–water partition coefficient (Wildman–Crippen LogP) is 3.44. The Hall–Kier alpha value is -1.33. The third-order valence-electron chi connectivity index (χ3n) is 4.04. The standard InChI is InChI=1S/C16H19BrN2O2/c1-10-16(17)14(19(2)18-10)9-21-12-7-6-11-4-3-5-15(20)13(11)8-12/h6-8,15,20H,3-5,9H2,1-2H3/t15-/m1/s1. The van der Waals surface area contributed by atoms with Crippen LogP contribution in [0, 0.1) is 6.92 Å². The summed E-state index contributed by atoms with van der Waals surface area (Å²) in [5, 5.41) is 14.4. The monoisotopic (exact) mass is 350 g/mol. The molecule has 0 saturated carbocycles. The van der Waals surface area contributed by atoms with Gasteiger partial charge < -0.3 is 9.84 Å². The number of aliphatic hydroxyl groups is 1. The van der Waals surface area contributed by atoms with Gasteiger partial charge in [-0.3, -0.25) is 4.68 Å². The van der Waals surface area contributed by atoms with Gasteiger partial charge >= 0.3 is 0 Å². The Morgan fingerprint density at radius 3 is 3.00 bits per heavy atom. The second-order valence-electron chi connectivity index (χ2n) is 5.53. The molecule has 0 unspecified atom stereocenters. The van der Waals surface area contributed by atoms with E-state index in [1.165, 1.54) is 5.56 Å². The minimum absolute atomic E-state index is 0.358. The van der Waals surface area contributed by atoms with Gasteiger partial charge in [-0.15, -0.1) is 0 Å². The maximum atomic E-state index is 10.1. The second-order valence-corrected chi connectivity index (χ2v) is 6.32. The molecule has 0 spiro atoms. The predicted molar refractivity (Wildman–Crippen MR) is 84.3 cm³/mol. The van der Waals surface area contributed by atoms with Crippen molar-refractivity contribution in [3.05, 3.63) is 45.2 Å². The van der Waals surface area contributed by atoms with E-state index in [2.05, 4.69) is 27.1 Å². The van der Waals surface area contributed by atoms with Crippen molar-refractivity contribution in [2.75, 3.05) is 0 Å². The van der Waals surface area contributed by atoms with Crippen LogP contribution in [-0.2, 0) is 20.1 Å². The van der Waals surface area contributed by atoms with Crippen LogP contribution in [0.4, 0.5) is 0 Å². The molecule has 0 fully saturated rings. The van der Waals surface area contributed by atoms with Crippen LogP contribution in [0.3, 0.4) is 0 Å². The van der Waals surface area contributed by atoms with Gasteiger partial charge in [0.05, 0.1) is 22.0 Å². The Morgan fingerprint density at radius 1 is 1.48 bits per heavy atom. The number of hydrogen-bond donors (Lipinski definition) is 1. The van der Waals surface area contributed by atoms with Crippen LogP contribution in [0.15, 0.2) is 22.7 Å². The van der Waals surface area contributed by atoms with E-state index < -0.39 is 0 Å². The fourth-order valence-electron chi connectivity index (χ4n) is 2.83. The minimum Gasteiger partial charge on any atom is -0.487 e. The van der Waals surface area contributed by atoms with Gasteiger partial charge in [0.2, 0.25) is 0 Å². The summed E-state index contributed by atoms with van der Waals surface area (Å²) in [5.74, 6) is 0.792. The number of halogens is 1. The largest absolute Gasteiger partial charge is 0.487 e. The molecule has 112 valence electrons. The quantitative estimate of drug-likeness (QED) is 0.922. The van der Waals surface area contributed by atoms with E-state index in [0.717, 1.165) is 46.4 Å². The third-order valence-corrected chi connectivity index (χ3v) is 5.07. The molecule has 0 saturated heterocycles. The molecule has 0 amide bonds. The third kappa shape index (κ3) is 2.85. The van der Waals surface area contributed by atoms with E-state index in [-0.39, 0.29) is 6.10 Å². The highest BCUT2D eigenvalue weighted by atomic mass is 79.9. The zero-order valence-electron chi connectivity index (χ0n) is 12.3. The van der Waals surface area contributed by atoms with E-state index >= 15 is 0 Å². The van der Waals surface area contributed by atoms with Crippen molar-refractivity contribution in [1.82, 2.24) is 9.78 Å². The summed E-state index contributed by atoms with van der Waals surface area (Å²) in [6, 6.07) is 6.01. The van der Waals surface area contributed by atoms with Crippen molar-refractivity contribution >= 4 is 15.9 Å². The fraction of sp³-hybridized carbons (Fsp3) is 0.438. The van der Waals surface area contributed by atoms with Crippen LogP contribution < -0.4 is 4.74 Å².